The third-order valence-corrected chi connectivity index (χ3v) is 4.77. The number of methoxy groups -OCH3 is 1. The molecule has 1 aliphatic heterocycles. The predicted molar refractivity (Wildman–Crippen MR) is 89.4 cm³/mol. The van der Waals surface area contributed by atoms with E-state index in [-0.39, 0.29) is 0 Å². The predicted octanol–water partition coefficient (Wildman–Crippen LogP) is 3.06. The molecular weight excluding hydrogens is 296 g/mol. The van der Waals surface area contributed by atoms with Crippen LogP contribution in [0.4, 0.5) is 0 Å². The number of thioether (sulfide) groups is 1. The largest absolute Gasteiger partial charge is 0.497 e. The first-order chi connectivity index (χ1) is 10.8. The lowest BCUT2D eigenvalue weighted by Crippen LogP contribution is -2.31. The molecule has 0 spiro atoms. The van der Waals surface area contributed by atoms with Crippen molar-refractivity contribution in [1.82, 2.24) is 20.1 Å². The quantitative estimate of drug-likeness (QED) is 0.830. The van der Waals surface area contributed by atoms with Gasteiger partial charge in [0.05, 0.1) is 7.11 Å². The average molecular weight is 318 g/mol. The molecule has 1 saturated heterocycles. The monoisotopic (exact) mass is 318 g/mol. The summed E-state index contributed by atoms with van der Waals surface area (Å²) in [4.78, 5) is 5.83. The van der Waals surface area contributed by atoms with Gasteiger partial charge in [-0.05, 0) is 50.2 Å². The molecule has 0 atom stereocenters. The van der Waals surface area contributed by atoms with Crippen molar-refractivity contribution >= 4 is 11.8 Å². The Labute approximate surface area is 135 Å². The molecule has 6 heteroatoms. The summed E-state index contributed by atoms with van der Waals surface area (Å²) in [6.07, 6.45) is 4.07. The Morgan fingerprint density at radius 1 is 1.14 bits per heavy atom. The maximum Gasteiger partial charge on any atom is 0.188 e. The van der Waals surface area contributed by atoms with E-state index in [1.165, 1.54) is 32.4 Å². The summed E-state index contributed by atoms with van der Waals surface area (Å²) < 4.78 is 5.17. The van der Waals surface area contributed by atoms with Crippen molar-refractivity contribution in [3.8, 4) is 17.1 Å². The highest BCUT2D eigenvalue weighted by Crippen LogP contribution is 2.22. The lowest BCUT2D eigenvalue weighted by molar-refractivity contribution is 0.242. The van der Waals surface area contributed by atoms with Gasteiger partial charge in [-0.2, -0.15) is 0 Å². The number of ether oxygens (including phenoxy) is 1. The molecule has 2 heterocycles. The van der Waals surface area contributed by atoms with E-state index in [2.05, 4.69) is 20.1 Å². The van der Waals surface area contributed by atoms with Gasteiger partial charge in [0.15, 0.2) is 11.0 Å². The minimum Gasteiger partial charge on any atom is -0.497 e. The number of aromatic amines is 1. The number of benzene rings is 1. The number of H-pyrrole nitrogens is 1. The van der Waals surface area contributed by atoms with Crippen molar-refractivity contribution in [2.75, 3.05) is 32.5 Å². The van der Waals surface area contributed by atoms with Crippen LogP contribution in [-0.4, -0.2) is 52.6 Å². The Balaban J connectivity index is 1.51. The molecule has 0 aliphatic carbocycles. The van der Waals surface area contributed by atoms with E-state index in [0.717, 1.165) is 34.6 Å². The van der Waals surface area contributed by atoms with Gasteiger partial charge in [0.2, 0.25) is 0 Å². The van der Waals surface area contributed by atoms with Crippen molar-refractivity contribution in [1.29, 1.82) is 0 Å². The third-order valence-electron chi connectivity index (χ3n) is 3.92. The first-order valence-corrected chi connectivity index (χ1v) is 8.76. The number of nitrogens with one attached hydrogen (secondary N) is 1. The smallest absolute Gasteiger partial charge is 0.188 e. The number of piperidine rings is 1. The number of hydrogen-bond acceptors (Lipinski definition) is 5. The molecule has 0 saturated carbocycles. The molecule has 22 heavy (non-hydrogen) atoms. The van der Waals surface area contributed by atoms with Crippen LogP contribution in [0.5, 0.6) is 5.75 Å². The summed E-state index contributed by atoms with van der Waals surface area (Å²) in [5.41, 5.74) is 1.02. The van der Waals surface area contributed by atoms with E-state index in [9.17, 15) is 0 Å². The standard InChI is InChI=1S/C16H22N4OS/c1-21-14-7-5-13(6-8-14)15-17-16(19-18-15)22-12-11-20-9-3-2-4-10-20/h5-8H,2-4,9-12H2,1H3,(H,17,18,19). The van der Waals surface area contributed by atoms with E-state index >= 15 is 0 Å². The summed E-state index contributed by atoms with van der Waals surface area (Å²) in [7, 11) is 1.67. The fourth-order valence-corrected chi connectivity index (χ4v) is 3.46. The maximum absolute atomic E-state index is 5.17. The normalized spacial score (nSPS) is 15.9. The molecule has 3 rings (SSSR count). The SMILES string of the molecule is COc1ccc(-c2nnc(SCCN3CCCCC3)[nH]2)cc1. The number of hydrogen-bond donors (Lipinski definition) is 1. The van der Waals surface area contributed by atoms with Crippen LogP contribution < -0.4 is 4.74 Å². The second-order valence-electron chi connectivity index (χ2n) is 5.46. The Kier molecular flexibility index (Phi) is 5.34. The topological polar surface area (TPSA) is 54.0 Å². The van der Waals surface area contributed by atoms with Crippen LogP contribution >= 0.6 is 11.8 Å². The van der Waals surface area contributed by atoms with Gasteiger partial charge in [0, 0.05) is 17.9 Å². The Morgan fingerprint density at radius 2 is 1.91 bits per heavy atom. The molecule has 0 bridgehead atoms. The molecule has 0 amide bonds. The van der Waals surface area contributed by atoms with E-state index in [1.54, 1.807) is 18.9 Å². The summed E-state index contributed by atoms with van der Waals surface area (Å²) in [6, 6.07) is 7.84. The van der Waals surface area contributed by atoms with Crippen molar-refractivity contribution < 1.29 is 4.74 Å². The highest BCUT2D eigenvalue weighted by molar-refractivity contribution is 7.99. The van der Waals surface area contributed by atoms with Crippen molar-refractivity contribution in [3.05, 3.63) is 24.3 Å². The first-order valence-electron chi connectivity index (χ1n) is 7.77. The van der Waals surface area contributed by atoms with Gasteiger partial charge in [0.25, 0.3) is 0 Å². The number of nitrogens with zero attached hydrogens (tertiary/aromatic N) is 3. The molecule has 1 N–H and O–H groups in total. The molecule has 0 unspecified atom stereocenters. The summed E-state index contributed by atoms with van der Waals surface area (Å²) >= 11 is 1.74. The maximum atomic E-state index is 5.17. The number of rotatable bonds is 6. The summed E-state index contributed by atoms with van der Waals surface area (Å²) in [5.74, 6) is 2.71. The van der Waals surface area contributed by atoms with Crippen LogP contribution in [0, 0.1) is 0 Å². The van der Waals surface area contributed by atoms with Gasteiger partial charge in [-0.1, -0.05) is 18.2 Å². The number of likely N-dealkylation sites (tertiary alicyclic amines) is 1. The van der Waals surface area contributed by atoms with Crippen LogP contribution in [0.3, 0.4) is 0 Å². The van der Waals surface area contributed by atoms with Gasteiger partial charge >= 0.3 is 0 Å². The van der Waals surface area contributed by atoms with Crippen LogP contribution in [0.15, 0.2) is 29.4 Å². The van der Waals surface area contributed by atoms with Crippen LogP contribution in [-0.2, 0) is 0 Å². The molecule has 1 fully saturated rings. The Bertz CT molecular complexity index is 578. The lowest BCUT2D eigenvalue weighted by Gasteiger charge is -2.25. The van der Waals surface area contributed by atoms with E-state index < -0.39 is 0 Å². The first kappa shape index (κ1) is 15.4. The van der Waals surface area contributed by atoms with Gasteiger partial charge in [0.1, 0.15) is 5.75 Å². The minimum atomic E-state index is 0.808. The molecule has 1 aromatic carbocycles. The van der Waals surface area contributed by atoms with Gasteiger partial charge in [-0.3, -0.25) is 0 Å². The van der Waals surface area contributed by atoms with Crippen LogP contribution in [0.25, 0.3) is 11.4 Å². The molecule has 118 valence electrons. The van der Waals surface area contributed by atoms with Crippen molar-refractivity contribution in [2.45, 2.75) is 24.4 Å². The van der Waals surface area contributed by atoms with Crippen molar-refractivity contribution in [3.63, 3.8) is 0 Å². The molecule has 2 aromatic rings. The fraction of sp³-hybridized carbons (Fsp3) is 0.500. The zero-order valence-electron chi connectivity index (χ0n) is 12.9. The zero-order valence-corrected chi connectivity index (χ0v) is 13.7. The highest BCUT2D eigenvalue weighted by atomic mass is 32.2. The third kappa shape index (κ3) is 4.01. The molecule has 5 nitrogen and oxygen atoms in total. The highest BCUT2D eigenvalue weighted by Gasteiger charge is 2.11. The molecule has 1 aromatic heterocycles. The molecular formula is C16H22N4OS. The summed E-state index contributed by atoms with van der Waals surface area (Å²) in [6.45, 7) is 3.62. The zero-order chi connectivity index (χ0) is 15.2. The van der Waals surface area contributed by atoms with Crippen LogP contribution in [0.2, 0.25) is 0 Å². The van der Waals surface area contributed by atoms with Gasteiger partial charge < -0.3 is 14.6 Å². The fourth-order valence-electron chi connectivity index (χ4n) is 2.64. The lowest BCUT2D eigenvalue weighted by atomic mass is 10.1. The molecule has 0 radical (unpaired) electrons. The number of aromatic nitrogens is 3. The van der Waals surface area contributed by atoms with E-state index in [4.69, 9.17) is 4.74 Å². The van der Waals surface area contributed by atoms with E-state index in [0.29, 0.717) is 0 Å². The Morgan fingerprint density at radius 3 is 2.64 bits per heavy atom. The van der Waals surface area contributed by atoms with E-state index in [1.807, 2.05) is 24.3 Å². The van der Waals surface area contributed by atoms with Gasteiger partial charge in [-0.25, -0.2) is 0 Å². The van der Waals surface area contributed by atoms with Crippen molar-refractivity contribution in [2.24, 2.45) is 0 Å². The van der Waals surface area contributed by atoms with Crippen LogP contribution in [0.1, 0.15) is 19.3 Å². The second-order valence-corrected chi connectivity index (χ2v) is 6.54. The average Bonchev–Trinajstić information content (AvgIpc) is 3.05. The summed E-state index contributed by atoms with van der Waals surface area (Å²) in [5, 5.41) is 9.34. The Hall–Kier alpha value is -1.53. The minimum absolute atomic E-state index is 0.808. The van der Waals surface area contributed by atoms with Gasteiger partial charge in [-0.15, -0.1) is 10.2 Å². The molecule has 1 aliphatic rings. The second kappa shape index (κ2) is 7.65.